The van der Waals surface area contributed by atoms with Gasteiger partial charge in [0.15, 0.2) is 0 Å². The number of aliphatic hydroxyl groups is 1. The van der Waals surface area contributed by atoms with Crippen LogP contribution in [0.2, 0.25) is 0 Å². The highest BCUT2D eigenvalue weighted by Gasteiger charge is 2.42. The van der Waals surface area contributed by atoms with Crippen molar-refractivity contribution in [3.05, 3.63) is 32.6 Å². The predicted octanol–water partition coefficient (Wildman–Crippen LogP) is -6.60. The number of aliphatic hydroxyl groups excluding tert-OH is 1. The second-order valence-electron chi connectivity index (χ2n) is 28.8. The highest BCUT2D eigenvalue weighted by Crippen LogP contribution is 2.70. The van der Waals surface area contributed by atoms with Crippen LogP contribution in [0.4, 0.5) is 0 Å². The summed E-state index contributed by atoms with van der Waals surface area (Å²) in [7, 11) is -39.8. The molecule has 0 aromatic carbocycles. The summed E-state index contributed by atoms with van der Waals surface area (Å²) in [5, 5.41) is 37.9. The number of amides is 9. The number of ether oxygens (including phenoxy) is 5. The van der Waals surface area contributed by atoms with Crippen LogP contribution in [0.3, 0.4) is 0 Å². The van der Waals surface area contributed by atoms with Crippen molar-refractivity contribution in [3.63, 3.8) is 0 Å². The second-order valence-corrected chi connectivity index (χ2v) is 39.2. The molecule has 0 spiro atoms. The first-order chi connectivity index (χ1) is 60.3. The van der Waals surface area contributed by atoms with Gasteiger partial charge < -0.3 is 144 Å². The molecule has 2 fully saturated rings. The molecule has 3 heterocycles. The Labute approximate surface area is 741 Å². The first-order valence-electron chi connectivity index (χ1n) is 41.0. The van der Waals surface area contributed by atoms with Crippen LogP contribution in [0.1, 0.15) is 159 Å². The fourth-order valence-corrected chi connectivity index (χ4v) is 20.4. The molecule has 0 aliphatic carbocycles. The minimum absolute atomic E-state index is 0.0157. The molecule has 2 aliphatic heterocycles. The third-order valence-electron chi connectivity index (χ3n) is 18.3. The maximum Gasteiger partial charge on any atom is 0.330 e. The molecular weight excluding hydrogens is 1850 g/mol. The van der Waals surface area contributed by atoms with Crippen LogP contribution in [0.5, 0.6) is 0 Å². The number of likely N-dealkylation sites (tertiary alicyclic amines) is 1. The molecule has 9 amide bonds. The number of nitrogens with zero attached hydrogens (tertiary/aromatic N) is 2. The third-order valence-corrected chi connectivity index (χ3v) is 28.6. The standard InChI is InChI=1S/C67H126N16O38P6S/c1-45-42-83(67(97)81-59(45)88)58-40-52(84)53(116-58)43-115-123(100,101)118-125(104,105)120-127(108,109)121-126(106,107)119-124(102,103)117-122(98,99)114-31-15-3-2-14-28-74-56(86)22-32-110-34-36-112-38-39-113-37-35-111-33-29-75-55(85)21-30-82-57(87)41-54(65(82)94)128-44-51(66(95)96)80-64(93)50(20-8-13-27-72)79-63(92)49(19-7-12-26-71)78-62(91)48(18-6-11-25-70)77-61(90)47(17-5-10-24-69)76-60(89)46(73)16-4-9-23-68/h42,46-54,58,84H,2-41,43-44,68-73H2,1H3,(H,74,86)(H,75,85)(H,76,89)(H,77,90)(H,78,91)(H,79,92)(H,80,93)(H,95,96)(H,98,99)(H,100,101)(H,102,103)(H,104,105)(H,106,107)(H,108,109)(H,81,88,97)/p-6/t46-,47-,48-,49-,50-,51-,52?,53+,54?,58+/m0/s1. The maximum atomic E-state index is 14.2. The Hall–Kier alpha value is -5.69. The zero-order valence-electron chi connectivity index (χ0n) is 70.6. The molecular formula is C67H120N16O38P6S-6. The fraction of sp³-hybridized carbons (Fsp3) is 0.791. The van der Waals surface area contributed by atoms with Crippen LogP contribution < -0.4 is 112 Å². The number of carboxylic acids is 1. The monoisotopic (exact) mass is 1970 g/mol. The normalized spacial score (nSPS) is 19.6. The Morgan fingerprint density at radius 2 is 0.906 bits per heavy atom. The molecule has 1 aromatic rings. The number of hydrogen-bond donors (Lipinski definition) is 16. The maximum absolute atomic E-state index is 14.2. The van der Waals surface area contributed by atoms with Gasteiger partial charge in [-0.3, -0.25) is 89.8 Å². The summed E-state index contributed by atoms with van der Waals surface area (Å²) in [6.45, 7) is 1.79. The Morgan fingerprint density at radius 1 is 0.508 bits per heavy atom. The van der Waals surface area contributed by atoms with Crippen LogP contribution in [-0.4, -0.2) is 262 Å². The zero-order valence-corrected chi connectivity index (χ0v) is 76.8. The number of carbonyl (C=O) groups is 10. The summed E-state index contributed by atoms with van der Waals surface area (Å²) in [4.78, 5) is 233. The summed E-state index contributed by atoms with van der Waals surface area (Å²) in [6, 6.07) is -7.53. The van der Waals surface area contributed by atoms with Gasteiger partial charge in [0.05, 0.1) is 83.5 Å². The van der Waals surface area contributed by atoms with Crippen molar-refractivity contribution in [2.45, 2.75) is 215 Å². The average molecular weight is 1980 g/mol. The number of aryl methyl sites for hydroxylation is 1. The fourth-order valence-electron chi connectivity index (χ4n) is 11.7. The van der Waals surface area contributed by atoms with Crippen LogP contribution in [-0.2, 0) is 130 Å². The Bertz CT molecular complexity index is 4100. The largest absolute Gasteiger partial charge is 0.756 e. The van der Waals surface area contributed by atoms with Crippen molar-refractivity contribution in [2.75, 3.05) is 124 Å². The van der Waals surface area contributed by atoms with Gasteiger partial charge >= 0.3 is 11.7 Å². The number of aromatic amines is 1. The number of carboxylic acid groups (broad SMARTS) is 1. The van der Waals surface area contributed by atoms with E-state index >= 15 is 0 Å². The minimum atomic E-state index is -7.00. The molecule has 2 saturated heterocycles. The molecule has 16 atom stereocenters. The molecule has 54 nitrogen and oxygen atoms in total. The molecule has 0 radical (unpaired) electrons. The number of hydrogen-bond acceptors (Lipinski definition) is 44. The van der Waals surface area contributed by atoms with Gasteiger partial charge in [-0.2, -0.15) is 0 Å². The second kappa shape index (κ2) is 61.3. The summed E-state index contributed by atoms with van der Waals surface area (Å²) in [5.41, 5.74) is 33.0. The number of unbranched alkanes of at least 4 members (excludes halogenated alkanes) is 8. The lowest BCUT2D eigenvalue weighted by Crippen LogP contribution is -2.59. The number of rotatable bonds is 74. The Kier molecular flexibility index (Phi) is 55.7. The third kappa shape index (κ3) is 48.8. The number of aliphatic carboxylic acids is 1. The van der Waals surface area contributed by atoms with E-state index < -0.39 is 197 Å². The van der Waals surface area contributed by atoms with Crippen molar-refractivity contribution in [2.24, 2.45) is 34.4 Å². The number of H-pyrrole nitrogens is 1. The number of carbonyl (C=O) groups excluding carboxylic acids is 9. The lowest BCUT2D eigenvalue weighted by atomic mass is 10.0. The number of aromatic nitrogens is 2. The zero-order chi connectivity index (χ0) is 95.7. The highest BCUT2D eigenvalue weighted by molar-refractivity contribution is 8.00. The first kappa shape index (κ1) is 116. The molecule has 3 rings (SSSR count). The van der Waals surface area contributed by atoms with E-state index in [1.54, 1.807) is 0 Å². The molecule has 2 aliphatic rings. The van der Waals surface area contributed by atoms with E-state index in [0.29, 0.717) is 96.6 Å². The van der Waals surface area contributed by atoms with Gasteiger partial charge in [0, 0.05) is 62.8 Å². The van der Waals surface area contributed by atoms with E-state index in [9.17, 15) is 124 Å². The summed E-state index contributed by atoms with van der Waals surface area (Å²) in [5.74, 6) is -7.78. The van der Waals surface area contributed by atoms with E-state index in [1.165, 1.54) is 6.92 Å². The molecule has 0 bridgehead atoms. The summed E-state index contributed by atoms with van der Waals surface area (Å²) in [6.07, 6.45) is 1.48. The highest BCUT2D eigenvalue weighted by atomic mass is 32.2. The lowest BCUT2D eigenvalue weighted by molar-refractivity contribution is -0.257. The van der Waals surface area contributed by atoms with E-state index in [1.807, 2.05) is 4.98 Å². The molecule has 738 valence electrons. The van der Waals surface area contributed by atoms with Gasteiger partial charge in [-0.05, 0) is 142 Å². The predicted molar refractivity (Wildman–Crippen MR) is 438 cm³/mol. The molecule has 1 aromatic heterocycles. The van der Waals surface area contributed by atoms with E-state index in [2.05, 4.69) is 67.8 Å². The van der Waals surface area contributed by atoms with Gasteiger partial charge in [0.2, 0.25) is 53.2 Å². The quantitative estimate of drug-likeness (QED) is 0.0164. The smallest absolute Gasteiger partial charge is 0.330 e. The topological polar surface area (TPSA) is 861 Å². The van der Waals surface area contributed by atoms with Crippen molar-refractivity contribution in [3.8, 4) is 0 Å². The molecule has 22 N–H and O–H groups in total. The van der Waals surface area contributed by atoms with Crippen molar-refractivity contribution in [1.82, 2.24) is 51.7 Å². The average Bonchev–Trinajstić information content (AvgIpc) is 1.51. The van der Waals surface area contributed by atoms with Crippen molar-refractivity contribution in [1.29, 1.82) is 0 Å². The van der Waals surface area contributed by atoms with Crippen molar-refractivity contribution < 1.29 is 169 Å². The minimum Gasteiger partial charge on any atom is -0.756 e. The Morgan fingerprint density at radius 3 is 1.37 bits per heavy atom. The van der Waals surface area contributed by atoms with Gasteiger partial charge in [-0.15, -0.1) is 11.8 Å². The first-order valence-corrected chi connectivity index (χ1v) is 50.8. The molecule has 61 heteroatoms. The van der Waals surface area contributed by atoms with Gasteiger partial charge in [-0.1, -0.05) is 19.3 Å². The number of nitrogens with one attached hydrogen (secondary N) is 8. The number of phosphoric acid groups is 6. The van der Waals surface area contributed by atoms with Crippen molar-refractivity contribution >= 4 is 118 Å². The van der Waals surface area contributed by atoms with Crippen LogP contribution >= 0.6 is 58.7 Å². The number of imide groups is 1. The number of nitrogens with two attached hydrogens (primary N) is 6. The number of thioether (sulfide) groups is 1. The van der Waals surface area contributed by atoms with Crippen LogP contribution in [0.15, 0.2) is 15.8 Å². The summed E-state index contributed by atoms with van der Waals surface area (Å²) < 4.78 is 126. The van der Waals surface area contributed by atoms with Gasteiger partial charge in [0.25, 0.3) is 52.5 Å². The molecule has 128 heavy (non-hydrogen) atoms. The van der Waals surface area contributed by atoms with E-state index in [4.69, 9.17) is 58.1 Å². The number of phosphoric ester groups is 2. The Balaban J connectivity index is 1.28. The SMILES string of the molecule is Cc1cn([C@H]2CC(O)[C@@H](COP(=O)([O-])OP(=O)([O-])OP(=O)([O-])OP(=O)([O-])OP(=O)([O-])OP(=O)([O-])OCCCCCCNC(=O)CCOCCOCCOCCOCCNC(=O)CCN3C(=O)CC(SC[C@H](NC(=O)[C@H](CCCCN)NC(=O)[C@H](CCCCN)NC(=O)[C@H](CCCCN)NC(=O)[C@H](CCCCN)NC(=O)[C@@H](N)CCCCN)C(=O)O)C3=O)O2)c(=O)[nH]c1=O. The van der Waals surface area contributed by atoms with E-state index in [-0.39, 0.29) is 161 Å². The summed E-state index contributed by atoms with van der Waals surface area (Å²) >= 11 is 0.800. The van der Waals surface area contributed by atoms with E-state index in [0.717, 1.165) is 27.4 Å². The van der Waals surface area contributed by atoms with Gasteiger partial charge in [0.1, 0.15) is 42.5 Å². The van der Waals surface area contributed by atoms with Crippen LogP contribution in [0, 0.1) is 6.92 Å². The molecule has 0 saturated carbocycles. The molecule has 8 unspecified atom stereocenters. The lowest BCUT2D eigenvalue weighted by Gasteiger charge is -2.38. The van der Waals surface area contributed by atoms with Gasteiger partial charge in [-0.25, -0.2) is 31.1 Å². The van der Waals surface area contributed by atoms with Crippen LogP contribution in [0.25, 0.3) is 0 Å².